The molecule has 0 bridgehead atoms. The van der Waals surface area contributed by atoms with E-state index in [1.165, 1.54) is 65.3 Å². The van der Waals surface area contributed by atoms with Crippen molar-refractivity contribution in [3.05, 3.63) is 133 Å². The van der Waals surface area contributed by atoms with E-state index in [1.54, 1.807) is 0 Å². The molecule has 0 amide bonds. The maximum atomic E-state index is 6.11. The average Bonchev–Trinajstić information content (AvgIpc) is 3.37. The highest BCUT2D eigenvalue weighted by Gasteiger charge is 2.16. The van der Waals surface area contributed by atoms with Crippen LogP contribution in [-0.2, 0) is 0 Å². The Morgan fingerprint density at radius 2 is 0.949 bits per heavy atom. The first-order valence-electron chi connectivity index (χ1n) is 13.4. The zero-order chi connectivity index (χ0) is 25.5. The Morgan fingerprint density at radius 1 is 0.333 bits per heavy atom. The first-order valence-corrected chi connectivity index (χ1v) is 13.4. The van der Waals surface area contributed by atoms with E-state index in [-0.39, 0.29) is 0 Å². The minimum Gasteiger partial charge on any atom is -0.456 e. The quantitative estimate of drug-likeness (QED) is 0.218. The fourth-order valence-corrected chi connectivity index (χ4v) is 6.64. The summed E-state index contributed by atoms with van der Waals surface area (Å²) < 4.78 is 6.11. The fraction of sp³-hybridized carbons (Fsp3) is 0. The van der Waals surface area contributed by atoms with Gasteiger partial charge in [-0.1, -0.05) is 115 Å². The molecule has 1 nitrogen and oxygen atoms in total. The number of furan rings is 1. The topological polar surface area (TPSA) is 13.1 Å². The molecule has 0 N–H and O–H groups in total. The molecule has 1 heterocycles. The lowest BCUT2D eigenvalue weighted by molar-refractivity contribution is 0.669. The summed E-state index contributed by atoms with van der Waals surface area (Å²) in [5.41, 5.74) is 6.88. The fourth-order valence-electron chi connectivity index (χ4n) is 6.64. The second-order valence-electron chi connectivity index (χ2n) is 10.5. The van der Waals surface area contributed by atoms with Gasteiger partial charge in [0.1, 0.15) is 11.2 Å². The molecule has 0 radical (unpaired) electrons. The van der Waals surface area contributed by atoms with Crippen molar-refractivity contribution in [2.75, 3.05) is 0 Å². The van der Waals surface area contributed by atoms with Gasteiger partial charge in [0.15, 0.2) is 0 Å². The van der Waals surface area contributed by atoms with Gasteiger partial charge in [0.2, 0.25) is 0 Å². The largest absolute Gasteiger partial charge is 0.456 e. The third kappa shape index (κ3) is 2.90. The van der Waals surface area contributed by atoms with Gasteiger partial charge in [0, 0.05) is 10.8 Å². The summed E-state index contributed by atoms with van der Waals surface area (Å²) in [5, 5.41) is 12.7. The highest BCUT2D eigenvalue weighted by molar-refractivity contribution is 6.28. The van der Waals surface area contributed by atoms with Crippen molar-refractivity contribution < 1.29 is 4.42 Å². The zero-order valence-electron chi connectivity index (χ0n) is 21.1. The SMILES string of the molecule is c1ccc2c(-c3ccc4ccc5c(-c6ccc7oc8ccccc8c7c6)ccc6ccc3c4c65)cccc2c1. The van der Waals surface area contributed by atoms with E-state index >= 15 is 0 Å². The second kappa shape index (κ2) is 7.69. The predicted molar refractivity (Wildman–Crippen MR) is 166 cm³/mol. The normalized spacial score (nSPS) is 12.1. The summed E-state index contributed by atoms with van der Waals surface area (Å²) in [6.07, 6.45) is 0. The van der Waals surface area contributed by atoms with Crippen molar-refractivity contribution in [3.63, 3.8) is 0 Å². The van der Waals surface area contributed by atoms with Gasteiger partial charge >= 0.3 is 0 Å². The average molecular weight is 495 g/mol. The van der Waals surface area contributed by atoms with Crippen LogP contribution in [0.4, 0.5) is 0 Å². The predicted octanol–water partition coefficient (Wildman–Crippen LogP) is 11.0. The minimum atomic E-state index is 0.928. The van der Waals surface area contributed by atoms with E-state index in [2.05, 4.69) is 121 Å². The van der Waals surface area contributed by atoms with Crippen LogP contribution in [0.15, 0.2) is 138 Å². The lowest BCUT2D eigenvalue weighted by atomic mass is 9.86. The van der Waals surface area contributed by atoms with Crippen LogP contribution < -0.4 is 0 Å². The molecule has 8 aromatic carbocycles. The highest BCUT2D eigenvalue weighted by atomic mass is 16.3. The number of hydrogen-bond donors (Lipinski definition) is 0. The molecule has 0 saturated heterocycles. The smallest absolute Gasteiger partial charge is 0.135 e. The Hall–Kier alpha value is -5.14. The summed E-state index contributed by atoms with van der Waals surface area (Å²) in [4.78, 5) is 0. The molecule has 0 aliphatic carbocycles. The van der Waals surface area contributed by atoms with Crippen molar-refractivity contribution in [2.24, 2.45) is 0 Å². The van der Waals surface area contributed by atoms with Crippen molar-refractivity contribution >= 4 is 65.0 Å². The minimum absolute atomic E-state index is 0.928. The number of rotatable bonds is 2. The third-order valence-corrected chi connectivity index (χ3v) is 8.43. The number of hydrogen-bond acceptors (Lipinski definition) is 1. The molecule has 1 aromatic heterocycles. The molecule has 9 rings (SSSR count). The van der Waals surface area contributed by atoms with E-state index in [1.807, 2.05) is 12.1 Å². The lowest BCUT2D eigenvalue weighted by Gasteiger charge is -2.17. The molecule has 0 aliphatic heterocycles. The van der Waals surface area contributed by atoms with Gasteiger partial charge < -0.3 is 4.42 Å². The summed E-state index contributed by atoms with van der Waals surface area (Å²) in [5.74, 6) is 0. The zero-order valence-corrected chi connectivity index (χ0v) is 21.1. The van der Waals surface area contributed by atoms with Crippen LogP contribution in [0.25, 0.3) is 87.3 Å². The molecule has 0 aliphatic rings. The van der Waals surface area contributed by atoms with Gasteiger partial charge in [-0.25, -0.2) is 0 Å². The van der Waals surface area contributed by atoms with E-state index < -0.39 is 0 Å². The summed E-state index contributed by atoms with van der Waals surface area (Å²) in [7, 11) is 0. The molecule has 1 heteroatoms. The molecule has 180 valence electrons. The molecule has 0 atom stereocenters. The van der Waals surface area contributed by atoms with E-state index in [9.17, 15) is 0 Å². The third-order valence-electron chi connectivity index (χ3n) is 8.43. The molecular formula is C38H22O. The van der Waals surface area contributed by atoms with Gasteiger partial charge in [-0.15, -0.1) is 0 Å². The second-order valence-corrected chi connectivity index (χ2v) is 10.5. The summed E-state index contributed by atoms with van der Waals surface area (Å²) >= 11 is 0. The molecule has 39 heavy (non-hydrogen) atoms. The van der Waals surface area contributed by atoms with Crippen molar-refractivity contribution in [1.82, 2.24) is 0 Å². The standard InChI is InChI=1S/C38H22O/c1-2-8-27-23(6-1)7-5-10-29(27)30-18-13-25-14-19-32-28(17-12-24-15-20-33(30)38(25)37(24)32)26-16-21-36-34(22-26)31-9-3-4-11-35(31)39-36/h1-22H. The first-order chi connectivity index (χ1) is 19.3. The van der Waals surface area contributed by atoms with E-state index in [0.717, 1.165) is 21.9 Å². The summed E-state index contributed by atoms with van der Waals surface area (Å²) in [6.45, 7) is 0. The number of benzene rings is 8. The number of fused-ring (bicyclic) bond motifs is 4. The van der Waals surface area contributed by atoms with Crippen molar-refractivity contribution in [1.29, 1.82) is 0 Å². The van der Waals surface area contributed by atoms with Crippen LogP contribution in [0, 0.1) is 0 Å². The Bertz CT molecular complexity index is 2380. The van der Waals surface area contributed by atoms with Crippen LogP contribution in [0.3, 0.4) is 0 Å². The maximum absolute atomic E-state index is 6.11. The molecule has 0 unspecified atom stereocenters. The Morgan fingerprint density at radius 3 is 1.79 bits per heavy atom. The molecule has 0 spiro atoms. The van der Waals surface area contributed by atoms with Crippen LogP contribution in [-0.4, -0.2) is 0 Å². The van der Waals surface area contributed by atoms with Gasteiger partial charge in [0.25, 0.3) is 0 Å². The Labute approximate surface area is 224 Å². The number of para-hydroxylation sites is 1. The van der Waals surface area contributed by atoms with Crippen LogP contribution in [0.2, 0.25) is 0 Å². The molecule has 0 saturated carbocycles. The first kappa shape index (κ1) is 20.9. The van der Waals surface area contributed by atoms with Crippen LogP contribution >= 0.6 is 0 Å². The Kier molecular flexibility index (Phi) is 4.11. The maximum Gasteiger partial charge on any atom is 0.135 e. The molecule has 0 fully saturated rings. The van der Waals surface area contributed by atoms with Crippen LogP contribution in [0.5, 0.6) is 0 Å². The van der Waals surface area contributed by atoms with Gasteiger partial charge in [0.05, 0.1) is 0 Å². The summed E-state index contributed by atoms with van der Waals surface area (Å²) in [6, 6.07) is 48.5. The van der Waals surface area contributed by atoms with Crippen molar-refractivity contribution in [3.8, 4) is 22.3 Å². The Balaban J connectivity index is 1.34. The van der Waals surface area contributed by atoms with Crippen LogP contribution in [0.1, 0.15) is 0 Å². The van der Waals surface area contributed by atoms with E-state index in [0.29, 0.717) is 0 Å². The van der Waals surface area contributed by atoms with E-state index in [4.69, 9.17) is 4.42 Å². The monoisotopic (exact) mass is 494 g/mol. The molecule has 9 aromatic rings. The highest BCUT2D eigenvalue weighted by Crippen LogP contribution is 2.44. The van der Waals surface area contributed by atoms with Gasteiger partial charge in [-0.2, -0.15) is 0 Å². The van der Waals surface area contributed by atoms with Crippen molar-refractivity contribution in [2.45, 2.75) is 0 Å². The lowest BCUT2D eigenvalue weighted by Crippen LogP contribution is -1.90. The molecular weight excluding hydrogens is 472 g/mol. The van der Waals surface area contributed by atoms with Gasteiger partial charge in [-0.3, -0.25) is 0 Å². The van der Waals surface area contributed by atoms with Gasteiger partial charge in [-0.05, 0) is 83.5 Å².